The summed E-state index contributed by atoms with van der Waals surface area (Å²) in [6, 6.07) is 5.11. The third kappa shape index (κ3) is 4.44. The van der Waals surface area contributed by atoms with Gasteiger partial charge in [-0.1, -0.05) is 11.6 Å². The summed E-state index contributed by atoms with van der Waals surface area (Å²) in [5.41, 5.74) is 10.9. The van der Waals surface area contributed by atoms with Crippen molar-refractivity contribution in [2.45, 2.75) is 39.7 Å². The van der Waals surface area contributed by atoms with E-state index in [0.29, 0.717) is 39.7 Å². The lowest BCUT2D eigenvalue weighted by molar-refractivity contribution is 0.0966. The second-order valence-corrected chi connectivity index (χ2v) is 8.73. The minimum atomic E-state index is -0.306. The number of hydrogen-bond donors (Lipinski definition) is 2. The number of halogens is 1. The van der Waals surface area contributed by atoms with Gasteiger partial charge in [-0.3, -0.25) is 9.78 Å². The van der Waals surface area contributed by atoms with E-state index in [1.54, 1.807) is 24.1 Å². The van der Waals surface area contributed by atoms with E-state index in [0.717, 1.165) is 27.9 Å². The molecule has 4 aromatic rings. The second-order valence-electron chi connectivity index (χ2n) is 8.32. The zero-order valence-electron chi connectivity index (χ0n) is 20.0. The summed E-state index contributed by atoms with van der Waals surface area (Å²) in [5.74, 6) is 0.849. The first-order chi connectivity index (χ1) is 16.8. The van der Waals surface area contributed by atoms with Gasteiger partial charge in [0, 0.05) is 35.4 Å². The molecule has 0 spiro atoms. The second kappa shape index (κ2) is 9.97. The molecule has 3 aromatic heterocycles. The Labute approximate surface area is 207 Å². The highest BCUT2D eigenvalue weighted by molar-refractivity contribution is 6.32. The molecule has 4 rings (SSSR count). The van der Waals surface area contributed by atoms with Crippen molar-refractivity contribution < 1.29 is 14.6 Å². The van der Waals surface area contributed by atoms with Crippen LogP contribution in [0, 0.1) is 13.8 Å². The van der Waals surface area contributed by atoms with E-state index in [9.17, 15) is 4.79 Å². The molecule has 0 fully saturated rings. The molecule has 1 aromatic carbocycles. The van der Waals surface area contributed by atoms with Crippen molar-refractivity contribution >= 4 is 34.2 Å². The molecule has 0 radical (unpaired) electrons. The number of aromatic nitrogens is 5. The summed E-state index contributed by atoms with van der Waals surface area (Å²) in [6.07, 6.45) is 3.61. The number of methoxy groups -OCH3 is 1. The molecule has 0 saturated carbocycles. The maximum absolute atomic E-state index is 12.5. The summed E-state index contributed by atoms with van der Waals surface area (Å²) in [6.45, 7) is 5.70. The lowest BCUT2D eigenvalue weighted by atomic mass is 9.93. The van der Waals surface area contributed by atoms with Crippen molar-refractivity contribution in [2.24, 2.45) is 0 Å². The number of carbonyl (C=O) groups excluding carboxylic acids is 1. The normalized spacial score (nSPS) is 12.2. The van der Waals surface area contributed by atoms with Gasteiger partial charge in [0.25, 0.3) is 0 Å². The van der Waals surface area contributed by atoms with E-state index >= 15 is 0 Å². The number of pyridine rings is 1. The highest BCUT2D eigenvalue weighted by atomic mass is 35.5. The lowest BCUT2D eigenvalue weighted by Gasteiger charge is -2.22. The SMILES string of the molecule is COc1c(C(C)n2nc(C)c3c(N)ncnc32)cc(Cl)c(C)c1-c1ccnc(C(=O)CCCO)c1. The maximum Gasteiger partial charge on any atom is 0.181 e. The Hall–Kier alpha value is -3.56. The molecule has 0 aliphatic carbocycles. The van der Waals surface area contributed by atoms with E-state index in [2.05, 4.69) is 20.1 Å². The van der Waals surface area contributed by atoms with Crippen molar-refractivity contribution in [2.75, 3.05) is 19.5 Å². The van der Waals surface area contributed by atoms with Crippen LogP contribution in [0.1, 0.15) is 53.1 Å². The van der Waals surface area contributed by atoms with E-state index in [1.165, 1.54) is 6.33 Å². The molecule has 10 heteroatoms. The minimum absolute atomic E-state index is 0.0495. The Morgan fingerprint density at radius 1 is 1.26 bits per heavy atom. The quantitative estimate of drug-likeness (QED) is 0.346. The zero-order chi connectivity index (χ0) is 25.3. The molecule has 1 unspecified atom stereocenters. The molecule has 9 nitrogen and oxygen atoms in total. The van der Waals surface area contributed by atoms with Crippen LogP contribution in [-0.4, -0.2) is 49.3 Å². The number of nitrogen functional groups attached to an aromatic ring is 1. The van der Waals surface area contributed by atoms with Crippen LogP contribution in [-0.2, 0) is 0 Å². The van der Waals surface area contributed by atoms with Gasteiger partial charge in [0.2, 0.25) is 0 Å². The largest absolute Gasteiger partial charge is 0.496 e. The van der Waals surface area contributed by atoms with Gasteiger partial charge in [0.05, 0.1) is 24.2 Å². The van der Waals surface area contributed by atoms with Crippen LogP contribution in [0.4, 0.5) is 5.82 Å². The Morgan fingerprint density at radius 2 is 2.03 bits per heavy atom. The van der Waals surface area contributed by atoms with Gasteiger partial charge in [0.15, 0.2) is 11.4 Å². The molecular weight excluding hydrogens is 468 g/mol. The van der Waals surface area contributed by atoms with Gasteiger partial charge < -0.3 is 15.6 Å². The predicted molar refractivity (Wildman–Crippen MR) is 135 cm³/mol. The van der Waals surface area contributed by atoms with Crippen LogP contribution in [0.5, 0.6) is 5.75 Å². The molecule has 1 atom stereocenters. The van der Waals surface area contributed by atoms with Crippen molar-refractivity contribution in [1.29, 1.82) is 0 Å². The number of fused-ring (bicyclic) bond motifs is 1. The first kappa shape index (κ1) is 24.6. The number of ether oxygens (including phenoxy) is 1. The monoisotopic (exact) mass is 494 g/mol. The van der Waals surface area contributed by atoms with E-state index in [4.69, 9.17) is 27.2 Å². The number of nitrogens with two attached hydrogens (primary N) is 1. The molecular formula is C25H27ClN6O3. The molecule has 182 valence electrons. The van der Waals surface area contributed by atoms with Gasteiger partial charge in [-0.2, -0.15) is 5.10 Å². The molecule has 0 bridgehead atoms. The standard InChI is InChI=1S/C25H27ClN6O3/c1-13-18(26)11-17(15(3)32-25-22(14(2)31-32)24(27)29-12-30-25)23(35-4)21(13)16-7-8-28-19(10-16)20(34)6-5-9-33/h7-8,10-12,15,33H,5-6,9H2,1-4H3,(H2,27,29,30). The highest BCUT2D eigenvalue weighted by Gasteiger charge is 2.25. The van der Waals surface area contributed by atoms with Gasteiger partial charge in [0.1, 0.15) is 23.6 Å². The lowest BCUT2D eigenvalue weighted by Crippen LogP contribution is -2.12. The summed E-state index contributed by atoms with van der Waals surface area (Å²) >= 11 is 6.71. The fourth-order valence-electron chi connectivity index (χ4n) is 4.30. The Morgan fingerprint density at radius 3 is 2.74 bits per heavy atom. The smallest absolute Gasteiger partial charge is 0.181 e. The molecule has 35 heavy (non-hydrogen) atoms. The first-order valence-corrected chi connectivity index (χ1v) is 11.6. The van der Waals surface area contributed by atoms with E-state index in [1.807, 2.05) is 32.9 Å². The van der Waals surface area contributed by atoms with Crippen molar-refractivity contribution in [3.8, 4) is 16.9 Å². The number of nitrogens with zero attached hydrogens (tertiary/aromatic N) is 5. The predicted octanol–water partition coefficient (Wildman–Crippen LogP) is 4.31. The van der Waals surface area contributed by atoms with Gasteiger partial charge in [-0.05, 0) is 56.5 Å². The zero-order valence-corrected chi connectivity index (χ0v) is 20.8. The van der Waals surface area contributed by atoms with Gasteiger partial charge >= 0.3 is 0 Å². The molecule has 0 saturated heterocycles. The number of aliphatic hydroxyl groups is 1. The number of hydrogen-bond acceptors (Lipinski definition) is 8. The van der Waals surface area contributed by atoms with E-state index < -0.39 is 0 Å². The number of carbonyl (C=O) groups is 1. The minimum Gasteiger partial charge on any atom is -0.496 e. The average molecular weight is 495 g/mol. The Bertz CT molecular complexity index is 1420. The third-order valence-electron chi connectivity index (χ3n) is 6.12. The number of aliphatic hydroxyl groups excluding tert-OH is 1. The Kier molecular flexibility index (Phi) is 7.00. The van der Waals surface area contributed by atoms with Crippen LogP contribution < -0.4 is 10.5 Å². The number of ketones is 1. The topological polar surface area (TPSA) is 129 Å². The summed E-state index contributed by atoms with van der Waals surface area (Å²) in [5, 5.41) is 15.0. The molecule has 0 aliphatic rings. The molecule has 0 aliphatic heterocycles. The summed E-state index contributed by atoms with van der Waals surface area (Å²) in [7, 11) is 1.60. The van der Waals surface area contributed by atoms with Crippen LogP contribution >= 0.6 is 11.6 Å². The van der Waals surface area contributed by atoms with Crippen LogP contribution in [0.15, 0.2) is 30.7 Å². The van der Waals surface area contributed by atoms with Crippen molar-refractivity contribution in [1.82, 2.24) is 24.7 Å². The Balaban J connectivity index is 1.88. The maximum atomic E-state index is 12.5. The molecule has 3 heterocycles. The van der Waals surface area contributed by atoms with E-state index in [-0.39, 0.29) is 24.9 Å². The van der Waals surface area contributed by atoms with Gasteiger partial charge in [-0.15, -0.1) is 0 Å². The van der Waals surface area contributed by atoms with Crippen molar-refractivity contribution in [3.05, 3.63) is 58.3 Å². The highest BCUT2D eigenvalue weighted by Crippen LogP contribution is 2.43. The first-order valence-electron chi connectivity index (χ1n) is 11.2. The third-order valence-corrected chi connectivity index (χ3v) is 6.51. The number of anilines is 1. The van der Waals surface area contributed by atoms with Crippen LogP contribution in [0.2, 0.25) is 5.02 Å². The summed E-state index contributed by atoms with van der Waals surface area (Å²) in [4.78, 5) is 25.3. The van der Waals surface area contributed by atoms with Crippen LogP contribution in [0.3, 0.4) is 0 Å². The fourth-order valence-corrected chi connectivity index (χ4v) is 4.51. The fraction of sp³-hybridized carbons (Fsp3) is 0.320. The van der Waals surface area contributed by atoms with Gasteiger partial charge in [-0.25, -0.2) is 14.6 Å². The summed E-state index contributed by atoms with van der Waals surface area (Å²) < 4.78 is 7.71. The average Bonchev–Trinajstić information content (AvgIpc) is 3.20. The number of aryl methyl sites for hydroxylation is 1. The molecule has 3 N–H and O–H groups in total. The van der Waals surface area contributed by atoms with Crippen molar-refractivity contribution in [3.63, 3.8) is 0 Å². The number of benzene rings is 1. The van der Waals surface area contributed by atoms with Crippen LogP contribution in [0.25, 0.3) is 22.2 Å². The number of rotatable bonds is 8. The number of Topliss-reactive ketones (excluding diaryl/α,β-unsaturated/α-hetero) is 1. The molecule has 0 amide bonds.